The Kier molecular flexibility index (Phi) is 9.00. The molecule has 43 heavy (non-hydrogen) atoms. The number of nitriles is 2. The zero-order chi connectivity index (χ0) is 30.6. The molecule has 5 rings (SSSR count). The molecule has 2 N–H and O–H groups in total. The Balaban J connectivity index is 1.47. The SMILES string of the molecule is N#Cc1c(C#N)c2c(c3c1CCc1cc(OCCCCCC(=O)O)ccc1-3)-c1ccc(OCCCS(=O)(=O)O)cc1CC2. The molecule has 2 aliphatic rings. The van der Waals surface area contributed by atoms with Gasteiger partial charge in [0, 0.05) is 6.42 Å². The average molecular weight is 601 g/mol. The maximum absolute atomic E-state index is 11.0. The van der Waals surface area contributed by atoms with Gasteiger partial charge in [-0.3, -0.25) is 9.35 Å². The van der Waals surface area contributed by atoms with E-state index in [1.54, 1.807) is 0 Å². The third-order valence-corrected chi connectivity index (χ3v) is 8.84. The van der Waals surface area contributed by atoms with E-state index >= 15 is 0 Å². The van der Waals surface area contributed by atoms with Gasteiger partial charge in [0.15, 0.2) is 0 Å². The Morgan fingerprint density at radius 1 is 0.767 bits per heavy atom. The first-order chi connectivity index (χ1) is 20.7. The predicted octanol–water partition coefficient (Wildman–Crippen LogP) is 5.64. The van der Waals surface area contributed by atoms with E-state index in [0.29, 0.717) is 55.6 Å². The number of ether oxygens (including phenoxy) is 2. The maximum atomic E-state index is 11.0. The van der Waals surface area contributed by atoms with Crippen LogP contribution < -0.4 is 9.47 Å². The van der Waals surface area contributed by atoms with Crippen LogP contribution in [0.2, 0.25) is 0 Å². The highest BCUT2D eigenvalue weighted by Gasteiger charge is 2.32. The minimum absolute atomic E-state index is 0.148. The number of hydrogen-bond donors (Lipinski definition) is 2. The van der Waals surface area contributed by atoms with E-state index in [-0.39, 0.29) is 25.2 Å². The van der Waals surface area contributed by atoms with Gasteiger partial charge in [0.05, 0.1) is 30.1 Å². The molecular formula is C33H32N2O7S. The molecule has 0 heterocycles. The average Bonchev–Trinajstić information content (AvgIpc) is 2.98. The molecule has 0 saturated carbocycles. The highest BCUT2D eigenvalue weighted by Crippen LogP contribution is 2.49. The Bertz CT molecular complexity index is 1770. The van der Waals surface area contributed by atoms with Crippen molar-refractivity contribution in [2.45, 2.75) is 57.8 Å². The number of fused-ring (bicyclic) bond motifs is 7. The van der Waals surface area contributed by atoms with Crippen molar-refractivity contribution in [3.63, 3.8) is 0 Å². The third-order valence-electron chi connectivity index (χ3n) is 8.03. The molecule has 222 valence electrons. The van der Waals surface area contributed by atoms with Crippen LogP contribution in [0.5, 0.6) is 11.5 Å². The molecule has 9 nitrogen and oxygen atoms in total. The van der Waals surface area contributed by atoms with Gasteiger partial charge in [-0.1, -0.05) is 12.1 Å². The van der Waals surface area contributed by atoms with Crippen LogP contribution in [0.3, 0.4) is 0 Å². The fourth-order valence-corrected chi connectivity index (χ4v) is 6.59. The van der Waals surface area contributed by atoms with Gasteiger partial charge < -0.3 is 14.6 Å². The summed E-state index contributed by atoms with van der Waals surface area (Å²) in [5.74, 6) is 0.198. The number of benzene rings is 3. The maximum Gasteiger partial charge on any atom is 0.303 e. The number of hydrogen-bond acceptors (Lipinski definition) is 7. The summed E-state index contributed by atoms with van der Waals surface area (Å²) in [6, 6.07) is 16.4. The van der Waals surface area contributed by atoms with E-state index < -0.39 is 16.1 Å². The Morgan fingerprint density at radius 3 is 1.74 bits per heavy atom. The van der Waals surface area contributed by atoms with Crippen LogP contribution >= 0.6 is 0 Å². The minimum atomic E-state index is -4.04. The molecule has 2 aliphatic carbocycles. The number of carboxylic acids is 1. The number of carboxylic acid groups (broad SMARTS) is 1. The van der Waals surface area contributed by atoms with Gasteiger partial charge in [-0.05, 0) is 120 Å². The Morgan fingerprint density at radius 2 is 1.28 bits per heavy atom. The van der Waals surface area contributed by atoms with Crippen molar-refractivity contribution in [1.29, 1.82) is 10.5 Å². The lowest BCUT2D eigenvalue weighted by Gasteiger charge is -2.31. The molecule has 0 radical (unpaired) electrons. The van der Waals surface area contributed by atoms with Crippen molar-refractivity contribution in [3.05, 3.63) is 69.8 Å². The number of rotatable bonds is 12. The Labute approximate surface area is 251 Å². The minimum Gasteiger partial charge on any atom is -0.494 e. The molecule has 0 spiro atoms. The second-order valence-electron chi connectivity index (χ2n) is 10.9. The van der Waals surface area contributed by atoms with E-state index in [1.807, 2.05) is 36.4 Å². The predicted molar refractivity (Wildman–Crippen MR) is 160 cm³/mol. The summed E-state index contributed by atoms with van der Waals surface area (Å²) in [5.41, 5.74) is 8.77. The molecule has 0 fully saturated rings. The second-order valence-corrected chi connectivity index (χ2v) is 12.4. The highest BCUT2D eigenvalue weighted by molar-refractivity contribution is 7.85. The summed E-state index contributed by atoms with van der Waals surface area (Å²) in [6.45, 7) is 0.650. The summed E-state index contributed by atoms with van der Waals surface area (Å²) in [5, 5.41) is 29.1. The quantitative estimate of drug-likeness (QED) is 0.198. The zero-order valence-electron chi connectivity index (χ0n) is 23.7. The summed E-state index contributed by atoms with van der Waals surface area (Å²) >= 11 is 0. The first kappa shape index (κ1) is 30.1. The fourth-order valence-electron chi connectivity index (χ4n) is 6.11. The number of unbranched alkanes of at least 4 members (excludes halogenated alkanes) is 2. The van der Waals surface area contributed by atoms with Crippen molar-refractivity contribution >= 4 is 16.1 Å². The molecule has 3 aromatic rings. The monoisotopic (exact) mass is 600 g/mol. The van der Waals surface area contributed by atoms with Crippen LogP contribution in [0.15, 0.2) is 36.4 Å². The number of nitrogens with zero attached hydrogens (tertiary/aromatic N) is 2. The van der Waals surface area contributed by atoms with Crippen LogP contribution in [0, 0.1) is 22.7 Å². The molecule has 0 unspecified atom stereocenters. The summed E-state index contributed by atoms with van der Waals surface area (Å²) in [6.07, 6.45) is 5.09. The molecule has 0 atom stereocenters. The van der Waals surface area contributed by atoms with E-state index in [9.17, 15) is 23.7 Å². The second kappa shape index (κ2) is 12.9. The number of aliphatic carboxylic acids is 1. The summed E-state index contributed by atoms with van der Waals surface area (Å²) < 4.78 is 42.7. The number of carbonyl (C=O) groups is 1. The van der Waals surface area contributed by atoms with E-state index in [1.165, 1.54) is 0 Å². The van der Waals surface area contributed by atoms with Crippen LogP contribution in [-0.4, -0.2) is 43.0 Å². The van der Waals surface area contributed by atoms with Gasteiger partial charge in [-0.25, -0.2) is 0 Å². The molecule has 0 amide bonds. The first-order valence-electron chi connectivity index (χ1n) is 14.4. The zero-order valence-corrected chi connectivity index (χ0v) is 24.5. The lowest BCUT2D eigenvalue weighted by molar-refractivity contribution is -0.137. The van der Waals surface area contributed by atoms with Gasteiger partial charge in [-0.15, -0.1) is 0 Å². The highest BCUT2D eigenvalue weighted by atomic mass is 32.2. The van der Waals surface area contributed by atoms with E-state index in [4.69, 9.17) is 19.1 Å². The van der Waals surface area contributed by atoms with Crippen LogP contribution in [0.4, 0.5) is 0 Å². The molecule has 3 aromatic carbocycles. The Hall–Kier alpha value is -4.38. The molecule has 0 bridgehead atoms. The molecule has 0 aromatic heterocycles. The van der Waals surface area contributed by atoms with Gasteiger partial charge in [0.25, 0.3) is 10.1 Å². The first-order valence-corrected chi connectivity index (χ1v) is 16.0. The third kappa shape index (κ3) is 6.67. The smallest absolute Gasteiger partial charge is 0.303 e. The topological polar surface area (TPSA) is 158 Å². The van der Waals surface area contributed by atoms with Crippen molar-refractivity contribution in [2.24, 2.45) is 0 Å². The number of aryl methyl sites for hydroxylation is 2. The van der Waals surface area contributed by atoms with Crippen molar-refractivity contribution in [3.8, 4) is 45.9 Å². The standard InChI is InChI=1S/C33H32N2O7S/c34-19-29-27-10-6-21-17-23(41-14-3-1-2-5-31(36)37)8-12-25(21)32(27)33-26-13-9-24(42-15-4-16-43(38,39)40)18-22(26)7-11-28(33)30(29)20-35/h8-9,12-13,17-18H,1-7,10-11,14-16H2,(H,36,37)(H,38,39,40). The molecule has 0 aliphatic heterocycles. The van der Waals surface area contributed by atoms with E-state index in [2.05, 4.69) is 12.1 Å². The van der Waals surface area contributed by atoms with E-state index in [0.717, 1.165) is 63.1 Å². The molecular weight excluding hydrogens is 568 g/mol. The van der Waals surface area contributed by atoms with Crippen LogP contribution in [0.25, 0.3) is 22.3 Å². The lowest BCUT2D eigenvalue weighted by atomic mass is 9.72. The molecule has 0 saturated heterocycles. The summed E-state index contributed by atoms with van der Waals surface area (Å²) in [4.78, 5) is 10.7. The van der Waals surface area contributed by atoms with Gasteiger partial charge in [0.2, 0.25) is 0 Å². The normalized spacial score (nSPS) is 13.0. The summed E-state index contributed by atoms with van der Waals surface area (Å²) in [7, 11) is -4.04. The van der Waals surface area contributed by atoms with Crippen molar-refractivity contribution < 1.29 is 32.3 Å². The largest absolute Gasteiger partial charge is 0.494 e. The van der Waals surface area contributed by atoms with Crippen molar-refractivity contribution in [1.82, 2.24) is 0 Å². The van der Waals surface area contributed by atoms with Gasteiger partial charge in [0.1, 0.15) is 23.6 Å². The fraction of sp³-hybridized carbons (Fsp3) is 0.364. The van der Waals surface area contributed by atoms with Crippen LogP contribution in [-0.2, 0) is 40.6 Å². The van der Waals surface area contributed by atoms with Crippen LogP contribution in [0.1, 0.15) is 65.5 Å². The van der Waals surface area contributed by atoms with Gasteiger partial charge >= 0.3 is 5.97 Å². The molecule has 10 heteroatoms. The lowest BCUT2D eigenvalue weighted by Crippen LogP contribution is -2.16. The van der Waals surface area contributed by atoms with Crippen molar-refractivity contribution in [2.75, 3.05) is 19.0 Å². The van der Waals surface area contributed by atoms with Gasteiger partial charge in [-0.2, -0.15) is 18.9 Å².